The average molecular weight is 448 g/mol. The quantitative estimate of drug-likeness (QED) is 0.378. The summed E-state index contributed by atoms with van der Waals surface area (Å²) in [5, 5.41) is 11.1. The number of anilines is 1. The highest BCUT2D eigenvalue weighted by atomic mass is 16.6. The zero-order valence-electron chi connectivity index (χ0n) is 19.5. The van der Waals surface area contributed by atoms with Crippen molar-refractivity contribution in [1.29, 1.82) is 0 Å². The normalized spacial score (nSPS) is 19.5. The molecule has 2 heterocycles. The minimum absolute atomic E-state index is 0.0468. The second kappa shape index (κ2) is 8.46. The van der Waals surface area contributed by atoms with Gasteiger partial charge >= 0.3 is 0 Å². The molecule has 2 aromatic carbocycles. The molecule has 2 amide bonds. The summed E-state index contributed by atoms with van der Waals surface area (Å²) >= 11 is 0. The molecule has 1 unspecified atom stereocenters. The lowest BCUT2D eigenvalue weighted by Gasteiger charge is -2.33. The SMILES string of the molecule is CC1CCCN(C2=C(c3ccc([N+](=O)[O-])cc3)C(=O)N(c3ccc(C(C)(C)C)cc3)C2=O)C1. The number of nitro benzene ring substituents is 1. The van der Waals surface area contributed by atoms with Crippen LogP contribution in [-0.2, 0) is 15.0 Å². The highest BCUT2D eigenvalue weighted by Crippen LogP contribution is 2.37. The monoisotopic (exact) mass is 447 g/mol. The molecule has 172 valence electrons. The van der Waals surface area contributed by atoms with Gasteiger partial charge in [0.15, 0.2) is 0 Å². The van der Waals surface area contributed by atoms with Crippen LogP contribution in [-0.4, -0.2) is 34.7 Å². The van der Waals surface area contributed by atoms with E-state index >= 15 is 0 Å². The zero-order valence-corrected chi connectivity index (χ0v) is 19.5. The van der Waals surface area contributed by atoms with Crippen LogP contribution in [0.1, 0.15) is 51.7 Å². The third-order valence-corrected chi connectivity index (χ3v) is 6.39. The lowest BCUT2D eigenvalue weighted by molar-refractivity contribution is -0.384. The Bertz CT molecular complexity index is 1130. The molecule has 1 atom stereocenters. The molecular weight excluding hydrogens is 418 g/mol. The summed E-state index contributed by atoms with van der Waals surface area (Å²) < 4.78 is 0. The standard InChI is InChI=1S/C26H29N3O4/c1-17-6-5-15-27(16-17)23-22(18-7-11-21(12-8-18)29(32)33)24(30)28(25(23)31)20-13-9-19(10-14-20)26(2,3)4/h7-14,17H,5-6,15-16H2,1-4H3. The number of nitro groups is 1. The van der Waals surface area contributed by atoms with E-state index in [0.29, 0.717) is 41.5 Å². The number of benzene rings is 2. The van der Waals surface area contributed by atoms with Crippen molar-refractivity contribution in [3.05, 3.63) is 75.5 Å². The molecule has 0 saturated carbocycles. The minimum Gasteiger partial charge on any atom is -0.366 e. The third-order valence-electron chi connectivity index (χ3n) is 6.39. The van der Waals surface area contributed by atoms with E-state index in [4.69, 9.17) is 0 Å². The highest BCUT2D eigenvalue weighted by Gasteiger charge is 2.43. The van der Waals surface area contributed by atoms with Gasteiger partial charge < -0.3 is 4.90 Å². The van der Waals surface area contributed by atoms with Crippen LogP contribution in [0.3, 0.4) is 0 Å². The molecule has 2 aliphatic heterocycles. The van der Waals surface area contributed by atoms with Crippen LogP contribution in [0.15, 0.2) is 54.2 Å². The highest BCUT2D eigenvalue weighted by molar-refractivity contribution is 6.45. The van der Waals surface area contributed by atoms with E-state index in [0.717, 1.165) is 18.4 Å². The fraction of sp³-hybridized carbons (Fsp3) is 0.385. The molecule has 33 heavy (non-hydrogen) atoms. The first-order chi connectivity index (χ1) is 15.6. The Morgan fingerprint density at radius 3 is 2.15 bits per heavy atom. The molecule has 0 aliphatic carbocycles. The van der Waals surface area contributed by atoms with E-state index in [1.165, 1.54) is 17.0 Å². The molecule has 0 N–H and O–H groups in total. The molecule has 2 aliphatic rings. The molecule has 7 nitrogen and oxygen atoms in total. The van der Waals surface area contributed by atoms with Crippen LogP contribution < -0.4 is 4.90 Å². The van der Waals surface area contributed by atoms with Crippen molar-refractivity contribution in [1.82, 2.24) is 4.90 Å². The molecular formula is C26H29N3O4. The number of carbonyl (C=O) groups is 2. The molecule has 1 saturated heterocycles. The molecule has 0 bridgehead atoms. The third kappa shape index (κ3) is 4.27. The topological polar surface area (TPSA) is 83.8 Å². The van der Waals surface area contributed by atoms with E-state index in [-0.39, 0.29) is 17.0 Å². The van der Waals surface area contributed by atoms with Gasteiger partial charge in [0.2, 0.25) is 0 Å². The Kier molecular flexibility index (Phi) is 5.82. The van der Waals surface area contributed by atoms with Crippen LogP contribution in [0.4, 0.5) is 11.4 Å². The number of nitrogens with zero attached hydrogens (tertiary/aromatic N) is 3. The zero-order chi connectivity index (χ0) is 23.9. The van der Waals surface area contributed by atoms with E-state index in [1.807, 2.05) is 29.2 Å². The van der Waals surface area contributed by atoms with Gasteiger partial charge in [-0.1, -0.05) is 39.8 Å². The first-order valence-electron chi connectivity index (χ1n) is 11.3. The smallest absolute Gasteiger partial charge is 0.282 e. The summed E-state index contributed by atoms with van der Waals surface area (Å²) in [4.78, 5) is 41.2. The van der Waals surface area contributed by atoms with Crippen molar-refractivity contribution in [2.24, 2.45) is 5.92 Å². The van der Waals surface area contributed by atoms with Crippen LogP contribution in [0.5, 0.6) is 0 Å². The first-order valence-corrected chi connectivity index (χ1v) is 11.3. The van der Waals surface area contributed by atoms with Gasteiger partial charge in [0.05, 0.1) is 16.2 Å². The van der Waals surface area contributed by atoms with E-state index in [1.54, 1.807) is 12.1 Å². The molecule has 0 aromatic heterocycles. The number of carbonyl (C=O) groups excluding carboxylic acids is 2. The summed E-state index contributed by atoms with van der Waals surface area (Å²) in [6, 6.07) is 13.4. The van der Waals surface area contributed by atoms with E-state index in [2.05, 4.69) is 27.7 Å². The Hall–Kier alpha value is -3.48. The predicted molar refractivity (Wildman–Crippen MR) is 128 cm³/mol. The number of non-ortho nitro benzene ring substituents is 1. The van der Waals surface area contributed by atoms with Crippen molar-refractivity contribution in [2.45, 2.75) is 46.0 Å². The fourth-order valence-electron chi connectivity index (χ4n) is 4.56. The Morgan fingerprint density at radius 2 is 1.61 bits per heavy atom. The van der Waals surface area contributed by atoms with Crippen molar-refractivity contribution in [3.8, 4) is 0 Å². The van der Waals surface area contributed by atoms with Gasteiger partial charge in [-0.05, 0) is 59.6 Å². The van der Waals surface area contributed by atoms with Gasteiger partial charge in [-0.2, -0.15) is 0 Å². The van der Waals surface area contributed by atoms with Crippen LogP contribution in [0.2, 0.25) is 0 Å². The lowest BCUT2D eigenvalue weighted by atomic mass is 9.87. The number of piperidine rings is 1. The molecule has 0 spiro atoms. The van der Waals surface area contributed by atoms with Crippen LogP contribution >= 0.6 is 0 Å². The number of likely N-dealkylation sites (tertiary alicyclic amines) is 1. The Balaban J connectivity index is 1.78. The van der Waals surface area contributed by atoms with E-state index < -0.39 is 10.8 Å². The Morgan fingerprint density at radius 1 is 0.970 bits per heavy atom. The number of rotatable bonds is 4. The Labute approximate surface area is 193 Å². The second-order valence-corrected chi connectivity index (χ2v) is 9.96. The number of imide groups is 1. The minimum atomic E-state index is -0.476. The van der Waals surface area contributed by atoms with Gasteiger partial charge in [-0.25, -0.2) is 4.90 Å². The van der Waals surface area contributed by atoms with Gasteiger partial charge in [0.1, 0.15) is 5.70 Å². The number of amides is 2. The van der Waals surface area contributed by atoms with Crippen molar-refractivity contribution < 1.29 is 14.5 Å². The maximum Gasteiger partial charge on any atom is 0.282 e. The van der Waals surface area contributed by atoms with Crippen molar-refractivity contribution >= 4 is 28.8 Å². The number of hydrogen-bond donors (Lipinski definition) is 0. The first kappa shape index (κ1) is 22.7. The second-order valence-electron chi connectivity index (χ2n) is 9.96. The largest absolute Gasteiger partial charge is 0.366 e. The van der Waals surface area contributed by atoms with Gasteiger partial charge in [-0.3, -0.25) is 19.7 Å². The summed E-state index contributed by atoms with van der Waals surface area (Å²) in [6.07, 6.45) is 2.02. The maximum absolute atomic E-state index is 13.7. The van der Waals surface area contributed by atoms with Crippen LogP contribution in [0, 0.1) is 16.0 Å². The average Bonchev–Trinajstić information content (AvgIpc) is 3.03. The van der Waals surface area contributed by atoms with Gasteiger partial charge in [0.25, 0.3) is 17.5 Å². The maximum atomic E-state index is 13.7. The van der Waals surface area contributed by atoms with Gasteiger partial charge in [0, 0.05) is 25.2 Å². The molecule has 1 fully saturated rings. The van der Waals surface area contributed by atoms with Gasteiger partial charge in [-0.15, -0.1) is 0 Å². The lowest BCUT2D eigenvalue weighted by Crippen LogP contribution is -2.39. The number of hydrogen-bond acceptors (Lipinski definition) is 5. The summed E-state index contributed by atoms with van der Waals surface area (Å²) in [5.41, 5.74) is 2.75. The molecule has 4 rings (SSSR count). The van der Waals surface area contributed by atoms with Crippen molar-refractivity contribution in [2.75, 3.05) is 18.0 Å². The summed E-state index contributed by atoms with van der Waals surface area (Å²) in [5.74, 6) is -0.330. The fourth-order valence-corrected chi connectivity index (χ4v) is 4.56. The van der Waals surface area contributed by atoms with Crippen molar-refractivity contribution in [3.63, 3.8) is 0 Å². The van der Waals surface area contributed by atoms with Crippen LogP contribution in [0.25, 0.3) is 5.57 Å². The van der Waals surface area contributed by atoms with E-state index in [9.17, 15) is 19.7 Å². The summed E-state index contributed by atoms with van der Waals surface area (Å²) in [7, 11) is 0. The predicted octanol–water partition coefficient (Wildman–Crippen LogP) is 4.91. The molecule has 7 heteroatoms. The molecule has 0 radical (unpaired) electrons. The summed E-state index contributed by atoms with van der Waals surface area (Å²) in [6.45, 7) is 9.87. The molecule has 2 aromatic rings.